The lowest BCUT2D eigenvalue weighted by Crippen LogP contribution is -1.97. The third-order valence-corrected chi connectivity index (χ3v) is 1.38. The molecule has 0 aliphatic carbocycles. The van der Waals surface area contributed by atoms with Gasteiger partial charge >= 0.3 is 5.97 Å². The third-order valence-electron chi connectivity index (χ3n) is 1.38. The maximum atomic E-state index is 10.4. The molecule has 0 amide bonds. The average Bonchev–Trinajstić information content (AvgIpc) is 2.08. The van der Waals surface area contributed by atoms with Gasteiger partial charge in [-0.2, -0.15) is 5.90 Å². The Bertz CT molecular complexity index is 260. The highest BCUT2D eigenvalue weighted by Crippen LogP contribution is 2.05. The number of aryl methyl sites for hydroxylation is 1. The van der Waals surface area contributed by atoms with Crippen LogP contribution in [0.4, 0.5) is 0 Å². The van der Waals surface area contributed by atoms with E-state index in [-0.39, 0.29) is 0 Å². The van der Waals surface area contributed by atoms with Crippen LogP contribution in [-0.2, 0) is 5.21 Å². The van der Waals surface area contributed by atoms with Gasteiger partial charge in [-0.3, -0.25) is 0 Å². The Hall–Kier alpha value is -1.39. The third kappa shape index (κ3) is 2.69. The summed E-state index contributed by atoms with van der Waals surface area (Å²) in [6, 6.07) is 6.92. The highest BCUT2D eigenvalue weighted by Gasteiger charge is 2.02. The van der Waals surface area contributed by atoms with Gasteiger partial charge in [-0.05, 0) is 18.6 Å². The van der Waals surface area contributed by atoms with E-state index in [2.05, 4.69) is 5.90 Å². The Kier molecular flexibility index (Phi) is 4.67. The van der Waals surface area contributed by atoms with Crippen LogP contribution in [0, 0.1) is 6.92 Å². The number of hydrogen-bond donors (Lipinski definition) is 2. The van der Waals surface area contributed by atoms with E-state index < -0.39 is 5.97 Å². The van der Waals surface area contributed by atoms with Crippen LogP contribution in [0.25, 0.3) is 0 Å². The van der Waals surface area contributed by atoms with Gasteiger partial charge in [-0.15, -0.1) is 5.21 Å². The highest BCUT2D eigenvalue weighted by atomic mass is 16.4. The molecule has 1 aromatic rings. The summed E-state index contributed by atoms with van der Waals surface area (Å²) >= 11 is 0. The minimum Gasteiger partial charge on any atom is -0.478 e. The molecule has 0 atom stereocenters. The number of nitrogens with two attached hydrogens (primary N) is 1. The summed E-state index contributed by atoms with van der Waals surface area (Å²) in [6.45, 7) is 1.78. The minimum absolute atomic E-state index is 0.377. The van der Waals surface area contributed by atoms with Crippen LogP contribution in [0.2, 0.25) is 0 Å². The second-order valence-electron chi connectivity index (χ2n) is 2.12. The van der Waals surface area contributed by atoms with E-state index in [1.54, 1.807) is 25.1 Å². The van der Waals surface area contributed by atoms with Crippen LogP contribution in [0.15, 0.2) is 24.3 Å². The molecule has 0 unspecified atom stereocenters. The first kappa shape index (κ1) is 10.6. The molecule has 4 nitrogen and oxygen atoms in total. The molecule has 1 radical (unpaired) electrons. The van der Waals surface area contributed by atoms with Crippen molar-refractivity contribution < 1.29 is 15.1 Å². The Morgan fingerprint density at radius 1 is 1.33 bits per heavy atom. The quantitative estimate of drug-likeness (QED) is 0.613. The molecule has 0 heterocycles. The van der Waals surface area contributed by atoms with Crippen molar-refractivity contribution in [2.24, 2.45) is 5.90 Å². The fraction of sp³-hybridized carbons (Fsp3) is 0.125. The zero-order valence-electron chi connectivity index (χ0n) is 6.65. The number of hydrogen-bond acceptors (Lipinski definition) is 2. The van der Waals surface area contributed by atoms with E-state index in [4.69, 9.17) is 10.3 Å². The van der Waals surface area contributed by atoms with Crippen molar-refractivity contribution in [2.45, 2.75) is 6.92 Å². The zero-order chi connectivity index (χ0) is 9.56. The van der Waals surface area contributed by atoms with E-state index in [9.17, 15) is 4.79 Å². The molecule has 0 saturated heterocycles. The number of aromatic carboxylic acids is 1. The molecule has 1 rings (SSSR count). The van der Waals surface area contributed by atoms with Gasteiger partial charge < -0.3 is 5.11 Å². The predicted molar refractivity (Wildman–Crippen MR) is 43.0 cm³/mol. The summed E-state index contributed by atoms with van der Waals surface area (Å²) in [5, 5.41) is 16.3. The summed E-state index contributed by atoms with van der Waals surface area (Å²) in [4.78, 5) is 10.4. The van der Waals surface area contributed by atoms with E-state index in [1.165, 1.54) is 0 Å². The molecule has 4 heteroatoms. The molecule has 0 aliphatic heterocycles. The number of carboxylic acid groups (broad SMARTS) is 1. The predicted octanol–water partition coefficient (Wildman–Crippen LogP) is 0.984. The van der Waals surface area contributed by atoms with Crippen molar-refractivity contribution >= 4 is 5.97 Å². The Labute approximate surface area is 70.2 Å². The standard InChI is InChI=1S/C8H8O2.H2NO/c1-6-4-2-3-5-7(6)8(9)10;1-2/h2-5H,1H3,(H,9,10);1H2. The van der Waals surface area contributed by atoms with Gasteiger partial charge in [-0.25, -0.2) is 4.79 Å². The molecule has 12 heavy (non-hydrogen) atoms. The monoisotopic (exact) mass is 168 g/mol. The van der Waals surface area contributed by atoms with Crippen LogP contribution in [0.5, 0.6) is 0 Å². The lowest BCUT2D eigenvalue weighted by Gasteiger charge is -1.96. The molecule has 0 saturated carbocycles. The maximum absolute atomic E-state index is 10.4. The second kappa shape index (κ2) is 5.29. The molecule has 1 aromatic carbocycles. The van der Waals surface area contributed by atoms with E-state index in [1.807, 2.05) is 6.07 Å². The first-order chi connectivity index (χ1) is 5.72. The summed E-state index contributed by atoms with van der Waals surface area (Å²) in [5.74, 6) is 2.39. The molecule has 0 aromatic heterocycles. The van der Waals surface area contributed by atoms with Crippen molar-refractivity contribution in [1.29, 1.82) is 0 Å². The lowest BCUT2D eigenvalue weighted by molar-refractivity contribution is 0.0696. The van der Waals surface area contributed by atoms with E-state index in [0.717, 1.165) is 5.56 Å². The topological polar surface area (TPSA) is 83.2 Å². The first-order valence-electron chi connectivity index (χ1n) is 3.24. The normalized spacial score (nSPS) is 8.25. The average molecular weight is 168 g/mol. The summed E-state index contributed by atoms with van der Waals surface area (Å²) in [6.07, 6.45) is 0. The number of benzene rings is 1. The number of carbonyl (C=O) groups is 1. The van der Waals surface area contributed by atoms with Gasteiger partial charge in [0.2, 0.25) is 0 Å². The molecule has 0 bridgehead atoms. The maximum Gasteiger partial charge on any atom is 0.335 e. The van der Waals surface area contributed by atoms with Crippen molar-refractivity contribution in [3.05, 3.63) is 35.4 Å². The smallest absolute Gasteiger partial charge is 0.335 e. The Morgan fingerprint density at radius 3 is 2.17 bits per heavy atom. The van der Waals surface area contributed by atoms with Crippen LogP contribution in [-0.4, -0.2) is 11.1 Å². The van der Waals surface area contributed by atoms with Crippen LogP contribution in [0.1, 0.15) is 15.9 Å². The van der Waals surface area contributed by atoms with Crippen molar-refractivity contribution in [1.82, 2.24) is 0 Å². The fourth-order valence-corrected chi connectivity index (χ4v) is 0.813. The molecular formula is C8H10NO3. The summed E-state index contributed by atoms with van der Waals surface area (Å²) in [5.41, 5.74) is 1.18. The largest absolute Gasteiger partial charge is 0.478 e. The Morgan fingerprint density at radius 2 is 1.83 bits per heavy atom. The van der Waals surface area contributed by atoms with Crippen LogP contribution < -0.4 is 5.90 Å². The highest BCUT2D eigenvalue weighted by molar-refractivity contribution is 5.89. The van der Waals surface area contributed by atoms with Crippen molar-refractivity contribution in [2.75, 3.05) is 0 Å². The minimum atomic E-state index is -0.863. The summed E-state index contributed by atoms with van der Waals surface area (Å²) < 4.78 is 0. The molecular weight excluding hydrogens is 158 g/mol. The van der Waals surface area contributed by atoms with E-state index in [0.29, 0.717) is 5.56 Å². The fourth-order valence-electron chi connectivity index (χ4n) is 0.813. The van der Waals surface area contributed by atoms with Gasteiger partial charge in [0, 0.05) is 0 Å². The zero-order valence-corrected chi connectivity index (χ0v) is 6.65. The van der Waals surface area contributed by atoms with Crippen LogP contribution in [0.3, 0.4) is 0 Å². The van der Waals surface area contributed by atoms with Gasteiger partial charge in [0.25, 0.3) is 0 Å². The molecule has 0 spiro atoms. The summed E-state index contributed by atoms with van der Waals surface area (Å²) in [7, 11) is 0. The number of rotatable bonds is 1. The van der Waals surface area contributed by atoms with Gasteiger partial charge in [0.15, 0.2) is 0 Å². The van der Waals surface area contributed by atoms with Gasteiger partial charge in [-0.1, -0.05) is 18.2 Å². The number of carboxylic acids is 1. The van der Waals surface area contributed by atoms with E-state index >= 15 is 0 Å². The SMILES string of the molecule is Cc1ccccc1C(=O)O.N[O]. The lowest BCUT2D eigenvalue weighted by atomic mass is 10.1. The Balaban J connectivity index is 0.000000561. The molecule has 0 fully saturated rings. The van der Waals surface area contributed by atoms with Gasteiger partial charge in [0.05, 0.1) is 5.56 Å². The molecule has 3 N–H and O–H groups in total. The first-order valence-corrected chi connectivity index (χ1v) is 3.24. The van der Waals surface area contributed by atoms with Gasteiger partial charge in [0.1, 0.15) is 0 Å². The second-order valence-corrected chi connectivity index (χ2v) is 2.12. The van der Waals surface area contributed by atoms with Crippen molar-refractivity contribution in [3.8, 4) is 0 Å². The molecule has 65 valence electrons. The van der Waals surface area contributed by atoms with Crippen molar-refractivity contribution in [3.63, 3.8) is 0 Å². The molecule has 0 aliphatic rings. The van der Waals surface area contributed by atoms with Crippen LogP contribution >= 0.6 is 0 Å².